The third kappa shape index (κ3) is 4.94. The highest BCUT2D eigenvalue weighted by atomic mass is 16.6. The zero-order valence-corrected chi connectivity index (χ0v) is 16.0. The summed E-state index contributed by atoms with van der Waals surface area (Å²) in [4.78, 5) is 25.8. The summed E-state index contributed by atoms with van der Waals surface area (Å²) >= 11 is 0. The van der Waals surface area contributed by atoms with E-state index in [-0.39, 0.29) is 25.0 Å². The first-order chi connectivity index (χ1) is 13.6. The van der Waals surface area contributed by atoms with Crippen molar-refractivity contribution in [1.82, 2.24) is 5.32 Å². The molecule has 0 aromatic heterocycles. The van der Waals surface area contributed by atoms with Crippen molar-refractivity contribution in [3.63, 3.8) is 0 Å². The summed E-state index contributed by atoms with van der Waals surface area (Å²) in [5.41, 5.74) is 1.62. The number of nitrogens with zero attached hydrogens (tertiary/aromatic N) is 1. The molecule has 0 radical (unpaired) electrons. The molecular formula is C21H24N2O5. The molecule has 0 saturated carbocycles. The van der Waals surface area contributed by atoms with Gasteiger partial charge in [-0.15, -0.1) is 0 Å². The molecule has 0 aliphatic carbocycles. The second-order valence-electron chi connectivity index (χ2n) is 6.37. The van der Waals surface area contributed by atoms with Crippen molar-refractivity contribution in [2.75, 3.05) is 31.7 Å². The fourth-order valence-corrected chi connectivity index (χ4v) is 2.95. The van der Waals surface area contributed by atoms with Crippen molar-refractivity contribution in [2.45, 2.75) is 19.4 Å². The summed E-state index contributed by atoms with van der Waals surface area (Å²) in [7, 11) is 1.59. The van der Waals surface area contributed by atoms with Gasteiger partial charge >= 0.3 is 6.09 Å². The smallest absolute Gasteiger partial charge is 0.414 e. The molecule has 1 saturated heterocycles. The zero-order valence-electron chi connectivity index (χ0n) is 16.0. The molecule has 3 rings (SSSR count). The Hall–Kier alpha value is -3.22. The number of carbonyl (C=O) groups excluding carboxylic acids is 2. The van der Waals surface area contributed by atoms with Crippen LogP contribution in [0.5, 0.6) is 11.5 Å². The van der Waals surface area contributed by atoms with Gasteiger partial charge in [-0.3, -0.25) is 9.69 Å². The largest absolute Gasteiger partial charge is 0.497 e. The molecular weight excluding hydrogens is 360 g/mol. The molecule has 28 heavy (non-hydrogen) atoms. The third-order valence-corrected chi connectivity index (χ3v) is 4.38. The Morgan fingerprint density at radius 2 is 1.82 bits per heavy atom. The quantitative estimate of drug-likeness (QED) is 0.757. The van der Waals surface area contributed by atoms with E-state index in [2.05, 4.69) is 5.32 Å². The number of methoxy groups -OCH3 is 1. The van der Waals surface area contributed by atoms with E-state index in [9.17, 15) is 9.59 Å². The van der Waals surface area contributed by atoms with Crippen LogP contribution in [0.4, 0.5) is 10.5 Å². The van der Waals surface area contributed by atoms with Crippen molar-refractivity contribution in [2.24, 2.45) is 0 Å². The van der Waals surface area contributed by atoms with Crippen LogP contribution in [-0.2, 0) is 16.0 Å². The number of rotatable bonds is 8. The molecule has 2 aromatic rings. The molecule has 1 N–H and O–H groups in total. The second-order valence-corrected chi connectivity index (χ2v) is 6.37. The van der Waals surface area contributed by atoms with Crippen LogP contribution in [0.2, 0.25) is 0 Å². The SMILES string of the molecule is CCOc1ccc(CC(=O)NCC2CN(c3ccc(OC)cc3)C(=O)O2)cc1. The summed E-state index contributed by atoms with van der Waals surface area (Å²) in [5, 5.41) is 2.83. The lowest BCUT2D eigenvalue weighted by molar-refractivity contribution is -0.120. The van der Waals surface area contributed by atoms with E-state index in [1.165, 1.54) is 0 Å². The van der Waals surface area contributed by atoms with Crippen molar-refractivity contribution in [3.05, 3.63) is 54.1 Å². The van der Waals surface area contributed by atoms with Crippen molar-refractivity contribution in [3.8, 4) is 11.5 Å². The maximum atomic E-state index is 12.2. The molecule has 0 bridgehead atoms. The Balaban J connectivity index is 1.47. The van der Waals surface area contributed by atoms with Gasteiger partial charge in [0.15, 0.2) is 0 Å². The predicted molar refractivity (Wildman–Crippen MR) is 105 cm³/mol. The lowest BCUT2D eigenvalue weighted by Gasteiger charge is -2.13. The highest BCUT2D eigenvalue weighted by Crippen LogP contribution is 2.24. The maximum absolute atomic E-state index is 12.2. The monoisotopic (exact) mass is 384 g/mol. The summed E-state index contributed by atoms with van der Waals surface area (Å²) in [6.45, 7) is 3.18. The first kappa shape index (κ1) is 19.5. The van der Waals surface area contributed by atoms with Crippen LogP contribution in [0.3, 0.4) is 0 Å². The highest BCUT2D eigenvalue weighted by molar-refractivity contribution is 5.90. The van der Waals surface area contributed by atoms with Crippen LogP contribution < -0.4 is 19.7 Å². The van der Waals surface area contributed by atoms with E-state index in [4.69, 9.17) is 14.2 Å². The summed E-state index contributed by atoms with van der Waals surface area (Å²) in [6.07, 6.45) is -0.551. The number of cyclic esters (lactones) is 1. The van der Waals surface area contributed by atoms with Gasteiger partial charge in [0, 0.05) is 5.69 Å². The number of carbonyl (C=O) groups is 2. The topological polar surface area (TPSA) is 77.1 Å². The van der Waals surface area contributed by atoms with Crippen LogP contribution in [0.25, 0.3) is 0 Å². The second kappa shape index (κ2) is 9.12. The van der Waals surface area contributed by atoms with Gasteiger partial charge in [0.25, 0.3) is 0 Å². The van der Waals surface area contributed by atoms with E-state index >= 15 is 0 Å². The first-order valence-electron chi connectivity index (χ1n) is 9.19. The fraction of sp³-hybridized carbons (Fsp3) is 0.333. The lowest BCUT2D eigenvalue weighted by Crippen LogP contribution is -2.35. The first-order valence-corrected chi connectivity index (χ1v) is 9.19. The molecule has 1 fully saturated rings. The minimum Gasteiger partial charge on any atom is -0.497 e. The molecule has 7 nitrogen and oxygen atoms in total. The van der Waals surface area contributed by atoms with Gasteiger partial charge in [0.05, 0.1) is 33.2 Å². The molecule has 1 aliphatic heterocycles. The number of amides is 2. The molecule has 1 heterocycles. The van der Waals surface area contributed by atoms with Gasteiger partial charge in [-0.2, -0.15) is 0 Å². The minimum absolute atomic E-state index is 0.122. The maximum Gasteiger partial charge on any atom is 0.414 e. The molecule has 0 spiro atoms. The minimum atomic E-state index is -0.420. The van der Waals surface area contributed by atoms with Gasteiger partial charge in [-0.1, -0.05) is 12.1 Å². The molecule has 2 aromatic carbocycles. The average molecular weight is 384 g/mol. The van der Waals surface area contributed by atoms with Crippen LogP contribution in [0.1, 0.15) is 12.5 Å². The van der Waals surface area contributed by atoms with Gasteiger partial charge in [-0.05, 0) is 48.9 Å². The highest BCUT2D eigenvalue weighted by Gasteiger charge is 2.32. The Morgan fingerprint density at radius 1 is 1.14 bits per heavy atom. The van der Waals surface area contributed by atoms with E-state index in [1.807, 2.05) is 31.2 Å². The number of anilines is 1. The summed E-state index contributed by atoms with van der Waals surface area (Å²) in [6, 6.07) is 14.6. The molecule has 2 amide bonds. The standard InChI is InChI=1S/C21H24N2O5/c1-3-27-18-8-4-15(5-9-18)12-20(24)22-13-19-14-23(21(25)28-19)16-6-10-17(26-2)11-7-16/h4-11,19H,3,12-14H2,1-2H3,(H,22,24). The van der Waals surface area contributed by atoms with Crippen molar-refractivity contribution in [1.29, 1.82) is 0 Å². The Bertz CT molecular complexity index is 805. The normalized spacial score (nSPS) is 15.9. The third-order valence-electron chi connectivity index (χ3n) is 4.38. The number of hydrogen-bond donors (Lipinski definition) is 1. The van der Waals surface area contributed by atoms with E-state index in [0.717, 1.165) is 22.7 Å². The van der Waals surface area contributed by atoms with Crippen LogP contribution in [-0.4, -0.2) is 44.9 Å². The van der Waals surface area contributed by atoms with Gasteiger partial charge < -0.3 is 19.5 Å². The molecule has 1 atom stereocenters. The van der Waals surface area contributed by atoms with E-state index in [0.29, 0.717) is 13.2 Å². The van der Waals surface area contributed by atoms with Crippen LogP contribution in [0, 0.1) is 0 Å². The predicted octanol–water partition coefficient (Wildman–Crippen LogP) is 2.78. The van der Waals surface area contributed by atoms with Gasteiger partial charge in [0.1, 0.15) is 17.6 Å². The van der Waals surface area contributed by atoms with E-state index < -0.39 is 6.09 Å². The average Bonchev–Trinajstić information content (AvgIpc) is 3.09. The number of hydrogen-bond acceptors (Lipinski definition) is 5. The number of benzene rings is 2. The van der Waals surface area contributed by atoms with Crippen molar-refractivity contribution < 1.29 is 23.8 Å². The summed E-state index contributed by atoms with van der Waals surface area (Å²) in [5.74, 6) is 1.38. The zero-order chi connectivity index (χ0) is 19.9. The van der Waals surface area contributed by atoms with Gasteiger partial charge in [0.2, 0.25) is 5.91 Å². The number of nitrogens with one attached hydrogen (secondary N) is 1. The lowest BCUT2D eigenvalue weighted by atomic mass is 10.1. The molecule has 148 valence electrons. The Kier molecular flexibility index (Phi) is 6.37. The van der Waals surface area contributed by atoms with E-state index in [1.54, 1.807) is 36.3 Å². The summed E-state index contributed by atoms with van der Waals surface area (Å²) < 4.78 is 15.9. The fourth-order valence-electron chi connectivity index (χ4n) is 2.95. The van der Waals surface area contributed by atoms with Crippen molar-refractivity contribution >= 4 is 17.7 Å². The van der Waals surface area contributed by atoms with Gasteiger partial charge in [-0.25, -0.2) is 4.79 Å². The van der Waals surface area contributed by atoms with Crippen LogP contribution in [0.15, 0.2) is 48.5 Å². The molecule has 7 heteroatoms. The molecule has 1 aliphatic rings. The number of ether oxygens (including phenoxy) is 3. The Labute approximate surface area is 164 Å². The van der Waals surface area contributed by atoms with Crippen LogP contribution >= 0.6 is 0 Å². The molecule has 1 unspecified atom stereocenters. The Morgan fingerprint density at radius 3 is 2.46 bits per heavy atom.